The summed E-state index contributed by atoms with van der Waals surface area (Å²) in [5.74, 6) is -1.28. The summed E-state index contributed by atoms with van der Waals surface area (Å²) in [6, 6.07) is 0. The third kappa shape index (κ3) is 2.27. The van der Waals surface area contributed by atoms with Crippen molar-refractivity contribution < 1.29 is 34.3 Å². The molecule has 3 unspecified atom stereocenters. The smallest absolute Gasteiger partial charge is 0.335 e. The number of carboxylic acid groups (broad SMARTS) is 1. The third-order valence-electron chi connectivity index (χ3n) is 2.29. The molecule has 1 saturated heterocycles. The fourth-order valence-corrected chi connectivity index (χ4v) is 1.49. The molecule has 5 atom stereocenters. The van der Waals surface area contributed by atoms with Gasteiger partial charge in [-0.3, -0.25) is 0 Å². The van der Waals surface area contributed by atoms with Crippen LogP contribution in [0.5, 0.6) is 0 Å². The van der Waals surface area contributed by atoms with E-state index in [-0.39, 0.29) is 0 Å². The van der Waals surface area contributed by atoms with Gasteiger partial charge in [-0.25, -0.2) is 4.79 Å². The Morgan fingerprint density at radius 1 is 1.20 bits per heavy atom. The Morgan fingerprint density at radius 3 is 2.20 bits per heavy atom. The molecule has 3 N–H and O–H groups in total. The molecule has 0 aliphatic carbocycles. The summed E-state index contributed by atoms with van der Waals surface area (Å²) >= 11 is 0. The van der Waals surface area contributed by atoms with Crippen LogP contribution >= 0.6 is 0 Å². The number of rotatable bonds is 3. The molecular weight excluding hydrogens is 208 g/mol. The van der Waals surface area contributed by atoms with E-state index in [9.17, 15) is 15.0 Å². The van der Waals surface area contributed by atoms with Crippen LogP contribution in [0.4, 0.5) is 0 Å². The first-order chi connectivity index (χ1) is 7.02. The summed E-state index contributed by atoms with van der Waals surface area (Å²) in [5.41, 5.74) is 0. The minimum atomic E-state index is -1.37. The van der Waals surface area contributed by atoms with Gasteiger partial charge in [-0.05, 0) is 0 Å². The van der Waals surface area contributed by atoms with Gasteiger partial charge in [-0.2, -0.15) is 0 Å². The van der Waals surface area contributed by atoms with Crippen LogP contribution in [0.1, 0.15) is 0 Å². The van der Waals surface area contributed by atoms with Gasteiger partial charge >= 0.3 is 5.97 Å². The van der Waals surface area contributed by atoms with Crippen molar-refractivity contribution in [2.24, 2.45) is 0 Å². The number of ether oxygens (including phenoxy) is 3. The minimum Gasteiger partial charge on any atom is -0.479 e. The highest BCUT2D eigenvalue weighted by atomic mass is 16.7. The van der Waals surface area contributed by atoms with Gasteiger partial charge < -0.3 is 29.5 Å². The number of aliphatic hydroxyl groups excluding tert-OH is 2. The second-order valence-electron chi connectivity index (χ2n) is 3.18. The van der Waals surface area contributed by atoms with Gasteiger partial charge in [0.05, 0.1) is 0 Å². The zero-order valence-corrected chi connectivity index (χ0v) is 8.36. The Kier molecular flexibility index (Phi) is 4.00. The Balaban J connectivity index is 2.84. The molecule has 0 aromatic rings. The van der Waals surface area contributed by atoms with E-state index in [1.54, 1.807) is 0 Å². The lowest BCUT2D eigenvalue weighted by Crippen LogP contribution is -2.60. The molecule has 0 aromatic heterocycles. The van der Waals surface area contributed by atoms with Crippen LogP contribution in [0.25, 0.3) is 0 Å². The molecule has 1 heterocycles. The molecule has 0 aromatic carbocycles. The number of carbonyl (C=O) groups is 1. The van der Waals surface area contributed by atoms with E-state index < -0.39 is 36.7 Å². The Morgan fingerprint density at radius 2 is 1.80 bits per heavy atom. The van der Waals surface area contributed by atoms with Gasteiger partial charge in [-0.1, -0.05) is 0 Å². The summed E-state index contributed by atoms with van der Waals surface area (Å²) in [4.78, 5) is 10.8. The summed E-state index contributed by atoms with van der Waals surface area (Å²) < 4.78 is 14.4. The van der Waals surface area contributed by atoms with Crippen LogP contribution in [0, 0.1) is 0 Å². The normalized spacial score (nSPS) is 41.5. The van der Waals surface area contributed by atoms with Crippen LogP contribution in [-0.2, 0) is 19.0 Å². The second-order valence-corrected chi connectivity index (χ2v) is 3.18. The van der Waals surface area contributed by atoms with Gasteiger partial charge in [0.1, 0.15) is 18.3 Å². The highest BCUT2D eigenvalue weighted by Crippen LogP contribution is 2.23. The molecule has 1 fully saturated rings. The molecule has 0 radical (unpaired) electrons. The van der Waals surface area contributed by atoms with E-state index in [1.165, 1.54) is 14.2 Å². The number of hydrogen-bond acceptors (Lipinski definition) is 6. The lowest BCUT2D eigenvalue weighted by Gasteiger charge is -2.39. The fraction of sp³-hybridized carbons (Fsp3) is 0.875. The molecule has 0 bridgehead atoms. The molecule has 1 aliphatic heterocycles. The minimum absolute atomic E-state index is 1.12. The van der Waals surface area contributed by atoms with Gasteiger partial charge in [-0.15, -0.1) is 0 Å². The number of methoxy groups -OCH3 is 2. The predicted octanol–water partition coefficient (Wildman–Crippen LogP) is -1.82. The molecule has 7 heteroatoms. The monoisotopic (exact) mass is 222 g/mol. The Hall–Kier alpha value is -0.730. The van der Waals surface area contributed by atoms with Crippen LogP contribution in [0.15, 0.2) is 0 Å². The molecule has 0 saturated carbocycles. The van der Waals surface area contributed by atoms with Crippen LogP contribution < -0.4 is 0 Å². The molecule has 1 rings (SSSR count). The number of hydrogen-bond donors (Lipinski definition) is 3. The third-order valence-corrected chi connectivity index (χ3v) is 2.29. The van der Waals surface area contributed by atoms with E-state index in [0.29, 0.717) is 0 Å². The van der Waals surface area contributed by atoms with Crippen molar-refractivity contribution >= 4 is 5.97 Å². The Labute approximate surface area is 86.2 Å². The van der Waals surface area contributed by atoms with Crippen LogP contribution in [0.2, 0.25) is 0 Å². The lowest BCUT2D eigenvalue weighted by molar-refractivity contribution is -0.290. The van der Waals surface area contributed by atoms with Crippen molar-refractivity contribution in [2.45, 2.75) is 30.7 Å². The van der Waals surface area contributed by atoms with Gasteiger partial charge in [0, 0.05) is 14.2 Å². The van der Waals surface area contributed by atoms with E-state index in [1.807, 2.05) is 0 Å². The molecule has 0 spiro atoms. The van der Waals surface area contributed by atoms with E-state index in [2.05, 4.69) is 0 Å². The van der Waals surface area contributed by atoms with Crippen molar-refractivity contribution in [1.82, 2.24) is 0 Å². The highest BCUT2D eigenvalue weighted by molar-refractivity contribution is 5.73. The number of aliphatic hydroxyl groups is 2. The summed E-state index contributed by atoms with van der Waals surface area (Å²) in [7, 11) is 2.47. The van der Waals surface area contributed by atoms with Crippen molar-refractivity contribution in [1.29, 1.82) is 0 Å². The van der Waals surface area contributed by atoms with E-state index >= 15 is 0 Å². The highest BCUT2D eigenvalue weighted by Gasteiger charge is 2.48. The lowest BCUT2D eigenvalue weighted by atomic mass is 9.99. The Bertz CT molecular complexity index is 231. The maximum atomic E-state index is 10.8. The molecule has 88 valence electrons. The first kappa shape index (κ1) is 12.3. The van der Waals surface area contributed by atoms with Crippen LogP contribution in [-0.4, -0.2) is 66.2 Å². The maximum absolute atomic E-state index is 10.8. The molecular formula is C8H14O7. The topological polar surface area (TPSA) is 105 Å². The molecule has 7 nitrogen and oxygen atoms in total. The zero-order valence-electron chi connectivity index (χ0n) is 8.36. The van der Waals surface area contributed by atoms with Gasteiger partial charge in [0.15, 0.2) is 12.4 Å². The van der Waals surface area contributed by atoms with Crippen molar-refractivity contribution in [3.8, 4) is 0 Å². The van der Waals surface area contributed by atoms with E-state index in [4.69, 9.17) is 19.3 Å². The SMILES string of the molecule is CO[C@@H]1OC(C(=O)O)[C@@H](OC)C(O)C1O. The number of aliphatic carboxylic acids is 1. The fourth-order valence-electron chi connectivity index (χ4n) is 1.49. The first-order valence-corrected chi connectivity index (χ1v) is 4.33. The van der Waals surface area contributed by atoms with Crippen LogP contribution in [0.3, 0.4) is 0 Å². The van der Waals surface area contributed by atoms with Gasteiger partial charge in [0.2, 0.25) is 0 Å². The maximum Gasteiger partial charge on any atom is 0.335 e. The predicted molar refractivity (Wildman–Crippen MR) is 46.1 cm³/mol. The molecule has 15 heavy (non-hydrogen) atoms. The molecule has 1 aliphatic rings. The van der Waals surface area contributed by atoms with Crippen molar-refractivity contribution in [3.05, 3.63) is 0 Å². The standard InChI is InChI=1S/C8H14O7/c1-13-5-3(9)4(10)8(14-2)15-6(5)7(11)12/h3-6,8-10H,1-2H3,(H,11,12)/t3?,4?,5-,6?,8+/m0/s1. The zero-order chi connectivity index (χ0) is 11.6. The summed E-state index contributed by atoms with van der Waals surface area (Å²) in [6.45, 7) is 0. The van der Waals surface area contributed by atoms with Crippen molar-refractivity contribution in [2.75, 3.05) is 14.2 Å². The number of carboxylic acids is 1. The average Bonchev–Trinajstić information content (AvgIpc) is 2.21. The summed E-state index contributed by atoms with van der Waals surface area (Å²) in [6.07, 6.45) is -6.36. The van der Waals surface area contributed by atoms with Crippen molar-refractivity contribution in [3.63, 3.8) is 0 Å². The second kappa shape index (κ2) is 4.86. The van der Waals surface area contributed by atoms with Gasteiger partial charge in [0.25, 0.3) is 0 Å². The largest absolute Gasteiger partial charge is 0.479 e. The quantitative estimate of drug-likeness (QED) is 0.516. The first-order valence-electron chi connectivity index (χ1n) is 4.33. The summed E-state index contributed by atoms with van der Waals surface area (Å²) in [5, 5.41) is 27.8. The average molecular weight is 222 g/mol. The van der Waals surface area contributed by atoms with E-state index in [0.717, 1.165) is 0 Å². The molecule has 0 amide bonds.